The fourth-order valence-corrected chi connectivity index (χ4v) is 2.81. The topological polar surface area (TPSA) is 64.6 Å². The van der Waals surface area contributed by atoms with E-state index in [1.807, 2.05) is 24.3 Å². The van der Waals surface area contributed by atoms with E-state index >= 15 is 0 Å². The molecule has 1 fully saturated rings. The molecular formula is C16H20INO4. The maximum atomic E-state index is 12.1. The second-order valence-electron chi connectivity index (χ2n) is 6.39. The number of rotatable bonds is 3. The quantitative estimate of drug-likeness (QED) is 0.606. The van der Waals surface area contributed by atoms with E-state index in [0.717, 1.165) is 9.13 Å². The molecule has 0 bridgehead atoms. The molecule has 0 saturated heterocycles. The van der Waals surface area contributed by atoms with Crippen molar-refractivity contribution in [1.29, 1.82) is 0 Å². The smallest absolute Gasteiger partial charge is 0.408 e. The molecular weight excluding hydrogens is 397 g/mol. The summed E-state index contributed by atoms with van der Waals surface area (Å²) in [6.07, 6.45) is -0.0167. The van der Waals surface area contributed by atoms with Gasteiger partial charge in [-0.05, 0) is 67.5 Å². The zero-order valence-electron chi connectivity index (χ0n) is 13.1. The molecule has 6 heteroatoms. The van der Waals surface area contributed by atoms with Gasteiger partial charge in [0.25, 0.3) is 0 Å². The van der Waals surface area contributed by atoms with Crippen LogP contribution >= 0.6 is 22.6 Å². The van der Waals surface area contributed by atoms with Crippen LogP contribution in [0.5, 0.6) is 0 Å². The molecule has 120 valence electrons. The van der Waals surface area contributed by atoms with Crippen molar-refractivity contribution in [1.82, 2.24) is 5.32 Å². The number of ether oxygens (including phenoxy) is 2. The third-order valence-electron chi connectivity index (χ3n) is 3.53. The van der Waals surface area contributed by atoms with E-state index in [-0.39, 0.29) is 11.9 Å². The molecule has 0 aromatic heterocycles. The van der Waals surface area contributed by atoms with Crippen molar-refractivity contribution < 1.29 is 19.1 Å². The Labute approximate surface area is 143 Å². The van der Waals surface area contributed by atoms with E-state index in [9.17, 15) is 9.59 Å². The molecule has 1 N–H and O–H groups in total. The van der Waals surface area contributed by atoms with Gasteiger partial charge in [0.05, 0.1) is 18.6 Å². The highest BCUT2D eigenvalue weighted by Gasteiger charge is 2.61. The summed E-state index contributed by atoms with van der Waals surface area (Å²) in [4.78, 5) is 24.0. The summed E-state index contributed by atoms with van der Waals surface area (Å²) in [6.45, 7) is 5.40. The maximum Gasteiger partial charge on any atom is 0.408 e. The van der Waals surface area contributed by atoms with Crippen LogP contribution in [0, 0.1) is 9.49 Å². The zero-order valence-corrected chi connectivity index (χ0v) is 15.3. The average Bonchev–Trinajstić information content (AvgIpc) is 3.11. The normalized spacial score (nSPS) is 23.6. The minimum Gasteiger partial charge on any atom is -0.469 e. The SMILES string of the molecule is COC(=O)[C@@H]1C[C@]1(NC(=O)OC(C)(C)C)c1ccc(I)cc1. The number of hydrogen-bond donors (Lipinski definition) is 1. The molecule has 1 saturated carbocycles. The summed E-state index contributed by atoms with van der Waals surface area (Å²) in [7, 11) is 1.35. The summed E-state index contributed by atoms with van der Waals surface area (Å²) in [6, 6.07) is 7.73. The van der Waals surface area contributed by atoms with Crippen molar-refractivity contribution in [2.45, 2.75) is 38.3 Å². The summed E-state index contributed by atoms with van der Waals surface area (Å²) in [5.41, 5.74) is -0.443. The molecule has 1 aliphatic rings. The van der Waals surface area contributed by atoms with Gasteiger partial charge < -0.3 is 14.8 Å². The minimum absolute atomic E-state index is 0.324. The minimum atomic E-state index is -0.736. The first-order valence-electron chi connectivity index (χ1n) is 7.03. The molecule has 1 amide bonds. The van der Waals surface area contributed by atoms with Gasteiger partial charge in [-0.15, -0.1) is 0 Å². The van der Waals surface area contributed by atoms with Gasteiger partial charge in [-0.25, -0.2) is 4.79 Å². The van der Waals surface area contributed by atoms with E-state index in [1.54, 1.807) is 20.8 Å². The van der Waals surface area contributed by atoms with Crippen molar-refractivity contribution in [3.63, 3.8) is 0 Å². The number of methoxy groups -OCH3 is 1. The predicted molar refractivity (Wildman–Crippen MR) is 90.3 cm³/mol. The number of alkyl carbamates (subject to hydrolysis) is 1. The first kappa shape index (κ1) is 17.1. The number of amides is 1. The Kier molecular flexibility index (Phi) is 4.70. The van der Waals surface area contributed by atoms with Crippen molar-refractivity contribution in [3.05, 3.63) is 33.4 Å². The summed E-state index contributed by atoms with van der Waals surface area (Å²) >= 11 is 2.21. The number of carbonyl (C=O) groups is 2. The lowest BCUT2D eigenvalue weighted by atomic mass is 10.0. The van der Waals surface area contributed by atoms with Gasteiger partial charge in [0.15, 0.2) is 0 Å². The Morgan fingerprint density at radius 2 is 1.86 bits per heavy atom. The number of esters is 1. The molecule has 1 aromatic carbocycles. The molecule has 0 unspecified atom stereocenters. The molecule has 1 aromatic rings. The van der Waals surface area contributed by atoms with Crippen LogP contribution in [0.1, 0.15) is 32.8 Å². The monoisotopic (exact) mass is 417 g/mol. The molecule has 0 heterocycles. The van der Waals surface area contributed by atoms with Gasteiger partial charge in [0, 0.05) is 3.57 Å². The molecule has 2 rings (SSSR count). The lowest BCUT2D eigenvalue weighted by Gasteiger charge is -2.24. The van der Waals surface area contributed by atoms with Gasteiger partial charge >= 0.3 is 12.1 Å². The van der Waals surface area contributed by atoms with Crippen LogP contribution in [-0.4, -0.2) is 24.8 Å². The third-order valence-corrected chi connectivity index (χ3v) is 4.25. The van der Waals surface area contributed by atoms with Crippen molar-refractivity contribution in [2.75, 3.05) is 7.11 Å². The zero-order chi connectivity index (χ0) is 16.5. The van der Waals surface area contributed by atoms with E-state index < -0.39 is 17.2 Å². The summed E-state index contributed by atoms with van der Waals surface area (Å²) in [5.74, 6) is -0.709. The predicted octanol–water partition coefficient (Wildman–Crippen LogP) is 3.20. The van der Waals surface area contributed by atoms with Gasteiger partial charge in [-0.2, -0.15) is 0 Å². The van der Waals surface area contributed by atoms with Gasteiger partial charge in [-0.1, -0.05) is 12.1 Å². The number of halogens is 1. The third kappa shape index (κ3) is 3.71. The standard InChI is InChI=1S/C16H20INO4/c1-15(2,3)22-14(20)18-16(9-12(16)13(19)21-4)10-5-7-11(17)8-6-10/h5-8,12H,9H2,1-4H3,(H,18,20)/t12-,16-/m0/s1. The molecule has 0 spiro atoms. The largest absolute Gasteiger partial charge is 0.469 e. The van der Waals surface area contributed by atoms with Crippen molar-refractivity contribution >= 4 is 34.7 Å². The van der Waals surface area contributed by atoms with Gasteiger partial charge in [-0.3, -0.25) is 4.79 Å². The number of benzene rings is 1. The van der Waals surface area contributed by atoms with E-state index in [1.165, 1.54) is 7.11 Å². The van der Waals surface area contributed by atoms with Crippen LogP contribution in [0.4, 0.5) is 4.79 Å². The second kappa shape index (κ2) is 6.06. The molecule has 5 nitrogen and oxygen atoms in total. The first-order valence-corrected chi connectivity index (χ1v) is 8.11. The lowest BCUT2D eigenvalue weighted by molar-refractivity contribution is -0.142. The van der Waals surface area contributed by atoms with Crippen molar-refractivity contribution in [2.24, 2.45) is 5.92 Å². The van der Waals surface area contributed by atoms with Crippen LogP contribution in [0.3, 0.4) is 0 Å². The Morgan fingerprint density at radius 1 is 1.27 bits per heavy atom. The van der Waals surface area contributed by atoms with Gasteiger partial charge in [0.1, 0.15) is 5.60 Å². The fraction of sp³-hybridized carbons (Fsp3) is 0.500. The van der Waals surface area contributed by atoms with Crippen molar-refractivity contribution in [3.8, 4) is 0 Å². The van der Waals surface area contributed by atoms with Crippen LogP contribution in [-0.2, 0) is 19.8 Å². The highest BCUT2D eigenvalue weighted by atomic mass is 127. The van der Waals surface area contributed by atoms with Crippen LogP contribution < -0.4 is 5.32 Å². The molecule has 2 atom stereocenters. The Hall–Kier alpha value is -1.31. The molecule has 22 heavy (non-hydrogen) atoms. The number of carbonyl (C=O) groups excluding carboxylic acids is 2. The highest BCUT2D eigenvalue weighted by molar-refractivity contribution is 14.1. The first-order chi connectivity index (χ1) is 10.2. The summed E-state index contributed by atoms with van der Waals surface area (Å²) < 4.78 is 11.2. The number of hydrogen-bond acceptors (Lipinski definition) is 4. The molecule has 1 aliphatic carbocycles. The van der Waals surface area contributed by atoms with E-state index in [0.29, 0.717) is 6.42 Å². The molecule has 0 aliphatic heterocycles. The van der Waals surface area contributed by atoms with Crippen LogP contribution in [0.25, 0.3) is 0 Å². The highest BCUT2D eigenvalue weighted by Crippen LogP contribution is 2.52. The van der Waals surface area contributed by atoms with Crippen LogP contribution in [0.2, 0.25) is 0 Å². The number of nitrogens with one attached hydrogen (secondary N) is 1. The fourth-order valence-electron chi connectivity index (χ4n) is 2.45. The lowest BCUT2D eigenvalue weighted by Crippen LogP contribution is -2.41. The molecule has 0 radical (unpaired) electrons. The maximum absolute atomic E-state index is 12.1. The van der Waals surface area contributed by atoms with Gasteiger partial charge in [0.2, 0.25) is 0 Å². The second-order valence-corrected chi connectivity index (χ2v) is 7.63. The summed E-state index contributed by atoms with van der Waals surface area (Å²) in [5, 5.41) is 2.86. The van der Waals surface area contributed by atoms with Crippen LogP contribution in [0.15, 0.2) is 24.3 Å². The Balaban J connectivity index is 2.23. The van der Waals surface area contributed by atoms with E-state index in [2.05, 4.69) is 27.9 Å². The Bertz CT molecular complexity index is 579. The Morgan fingerprint density at radius 3 is 2.36 bits per heavy atom. The van der Waals surface area contributed by atoms with E-state index in [4.69, 9.17) is 9.47 Å². The average molecular weight is 417 g/mol.